The predicted octanol–water partition coefficient (Wildman–Crippen LogP) is 4.40. The minimum Gasteiger partial charge on any atom is -0.370 e. The van der Waals surface area contributed by atoms with Crippen LogP contribution in [0, 0.1) is 5.41 Å². The van der Waals surface area contributed by atoms with E-state index in [9.17, 15) is 0 Å². The second kappa shape index (κ2) is 8.23. The fraction of sp³-hybridized carbons (Fsp3) is 1.00. The number of hydrogen-bond donors (Lipinski definition) is 0. The molecular formula is C16H34O3. The van der Waals surface area contributed by atoms with Crippen LogP contribution in [-0.4, -0.2) is 31.2 Å². The molecule has 0 aliphatic heterocycles. The molecule has 0 aromatic heterocycles. The highest BCUT2D eigenvalue weighted by atomic mass is 16.7. The first-order valence-corrected chi connectivity index (χ1v) is 7.50. The molecule has 19 heavy (non-hydrogen) atoms. The third kappa shape index (κ3) is 10.3. The zero-order chi connectivity index (χ0) is 15.1. The topological polar surface area (TPSA) is 27.7 Å². The van der Waals surface area contributed by atoms with Crippen molar-refractivity contribution in [1.82, 2.24) is 0 Å². The first kappa shape index (κ1) is 18.9. The molecule has 0 N–H and O–H groups in total. The molecule has 0 saturated carbocycles. The van der Waals surface area contributed by atoms with E-state index in [2.05, 4.69) is 41.5 Å². The maximum Gasteiger partial charge on any atom is 0.154 e. The summed E-state index contributed by atoms with van der Waals surface area (Å²) in [6.07, 6.45) is 1.92. The first-order valence-electron chi connectivity index (χ1n) is 7.50. The monoisotopic (exact) mass is 274 g/mol. The van der Waals surface area contributed by atoms with Gasteiger partial charge in [0, 0.05) is 6.61 Å². The Labute approximate surface area is 120 Å². The maximum absolute atomic E-state index is 6.21. The van der Waals surface area contributed by atoms with E-state index in [4.69, 9.17) is 14.2 Å². The zero-order valence-electron chi connectivity index (χ0n) is 14.2. The summed E-state index contributed by atoms with van der Waals surface area (Å²) in [5.74, 6) is 0. The van der Waals surface area contributed by atoms with E-state index in [0.717, 1.165) is 12.8 Å². The Bertz CT molecular complexity index is 231. The number of ether oxygens (including phenoxy) is 3. The van der Waals surface area contributed by atoms with Gasteiger partial charge in [0.2, 0.25) is 0 Å². The minimum absolute atomic E-state index is 0.103. The lowest BCUT2D eigenvalue weighted by atomic mass is 9.89. The Kier molecular flexibility index (Phi) is 8.18. The molecule has 0 aliphatic carbocycles. The molecule has 0 radical (unpaired) electrons. The van der Waals surface area contributed by atoms with Crippen LogP contribution in [0.3, 0.4) is 0 Å². The molecule has 0 spiro atoms. The fourth-order valence-electron chi connectivity index (χ4n) is 1.88. The van der Waals surface area contributed by atoms with Gasteiger partial charge in [0.05, 0.1) is 18.3 Å². The quantitative estimate of drug-likeness (QED) is 0.583. The Morgan fingerprint density at radius 1 is 0.947 bits per heavy atom. The third-order valence-corrected chi connectivity index (χ3v) is 3.10. The second-order valence-electron chi connectivity index (χ2n) is 6.97. The van der Waals surface area contributed by atoms with Crippen LogP contribution in [0.2, 0.25) is 0 Å². The number of hydrogen-bond acceptors (Lipinski definition) is 3. The number of rotatable bonds is 9. The smallest absolute Gasteiger partial charge is 0.154 e. The molecule has 0 bridgehead atoms. The maximum atomic E-state index is 6.21. The van der Waals surface area contributed by atoms with Crippen molar-refractivity contribution >= 4 is 0 Å². The average Bonchev–Trinajstić information content (AvgIpc) is 2.24. The summed E-state index contributed by atoms with van der Waals surface area (Å²) in [6.45, 7) is 18.3. The molecule has 2 atom stereocenters. The van der Waals surface area contributed by atoms with Crippen LogP contribution in [0.5, 0.6) is 0 Å². The van der Waals surface area contributed by atoms with Gasteiger partial charge in [0.25, 0.3) is 0 Å². The van der Waals surface area contributed by atoms with Crippen LogP contribution in [0.25, 0.3) is 0 Å². The molecule has 0 amide bonds. The SMILES string of the molecule is CCOC(C)OCC(CC(C)(C)C)OC(C)(C)CC. The Hall–Kier alpha value is -0.120. The van der Waals surface area contributed by atoms with Gasteiger partial charge >= 0.3 is 0 Å². The second-order valence-corrected chi connectivity index (χ2v) is 6.97. The minimum atomic E-state index is -0.166. The Balaban J connectivity index is 4.42. The molecule has 3 nitrogen and oxygen atoms in total. The van der Waals surface area contributed by atoms with Crippen LogP contribution in [0.4, 0.5) is 0 Å². The van der Waals surface area contributed by atoms with Gasteiger partial charge in [-0.2, -0.15) is 0 Å². The van der Waals surface area contributed by atoms with Crippen molar-refractivity contribution in [3.8, 4) is 0 Å². The van der Waals surface area contributed by atoms with Gasteiger partial charge in [-0.05, 0) is 46.0 Å². The van der Waals surface area contributed by atoms with E-state index in [1.165, 1.54) is 0 Å². The summed E-state index contributed by atoms with van der Waals surface area (Å²) >= 11 is 0. The van der Waals surface area contributed by atoms with Crippen LogP contribution in [0.1, 0.15) is 68.2 Å². The van der Waals surface area contributed by atoms with Crippen molar-refractivity contribution in [2.45, 2.75) is 86.2 Å². The fourth-order valence-corrected chi connectivity index (χ4v) is 1.88. The van der Waals surface area contributed by atoms with Crippen molar-refractivity contribution in [1.29, 1.82) is 0 Å². The molecule has 0 aromatic carbocycles. The lowest BCUT2D eigenvalue weighted by Crippen LogP contribution is -2.36. The van der Waals surface area contributed by atoms with E-state index >= 15 is 0 Å². The van der Waals surface area contributed by atoms with E-state index in [0.29, 0.717) is 13.2 Å². The zero-order valence-corrected chi connectivity index (χ0v) is 14.2. The third-order valence-electron chi connectivity index (χ3n) is 3.10. The lowest BCUT2D eigenvalue weighted by Gasteiger charge is -2.34. The van der Waals surface area contributed by atoms with E-state index in [1.54, 1.807) is 0 Å². The molecule has 3 heteroatoms. The van der Waals surface area contributed by atoms with E-state index in [1.807, 2.05) is 13.8 Å². The molecule has 0 aliphatic rings. The van der Waals surface area contributed by atoms with Crippen LogP contribution in [0.15, 0.2) is 0 Å². The van der Waals surface area contributed by atoms with Crippen LogP contribution < -0.4 is 0 Å². The predicted molar refractivity (Wildman–Crippen MR) is 80.4 cm³/mol. The highest BCUT2D eigenvalue weighted by molar-refractivity contribution is 4.74. The Morgan fingerprint density at radius 2 is 1.53 bits per heavy atom. The highest BCUT2D eigenvalue weighted by Crippen LogP contribution is 2.27. The van der Waals surface area contributed by atoms with E-state index in [-0.39, 0.29) is 23.4 Å². The van der Waals surface area contributed by atoms with Gasteiger partial charge < -0.3 is 14.2 Å². The first-order chi connectivity index (χ1) is 8.59. The molecule has 116 valence electrons. The molecular weight excluding hydrogens is 240 g/mol. The highest BCUT2D eigenvalue weighted by Gasteiger charge is 2.26. The summed E-state index contributed by atoms with van der Waals surface area (Å²) in [5, 5.41) is 0. The molecule has 0 rings (SSSR count). The normalized spacial score (nSPS) is 16.4. The van der Waals surface area contributed by atoms with Crippen molar-refractivity contribution in [3.63, 3.8) is 0 Å². The van der Waals surface area contributed by atoms with Gasteiger partial charge in [-0.25, -0.2) is 0 Å². The van der Waals surface area contributed by atoms with Crippen molar-refractivity contribution in [3.05, 3.63) is 0 Å². The van der Waals surface area contributed by atoms with Crippen molar-refractivity contribution in [2.75, 3.05) is 13.2 Å². The van der Waals surface area contributed by atoms with Gasteiger partial charge in [-0.3, -0.25) is 0 Å². The molecule has 0 fully saturated rings. The van der Waals surface area contributed by atoms with Crippen LogP contribution >= 0.6 is 0 Å². The van der Waals surface area contributed by atoms with Crippen molar-refractivity contribution < 1.29 is 14.2 Å². The Morgan fingerprint density at radius 3 is 1.95 bits per heavy atom. The summed E-state index contributed by atoms with van der Waals surface area (Å²) in [7, 11) is 0. The summed E-state index contributed by atoms with van der Waals surface area (Å²) < 4.78 is 17.3. The standard InChI is InChI=1S/C16H34O3/c1-9-16(7,8)19-14(11-15(4,5)6)12-18-13(3)17-10-2/h13-14H,9-12H2,1-8H3. The van der Waals surface area contributed by atoms with Crippen molar-refractivity contribution in [2.24, 2.45) is 5.41 Å². The summed E-state index contributed by atoms with van der Waals surface area (Å²) in [4.78, 5) is 0. The largest absolute Gasteiger partial charge is 0.370 e. The van der Waals surface area contributed by atoms with Crippen LogP contribution in [-0.2, 0) is 14.2 Å². The van der Waals surface area contributed by atoms with Gasteiger partial charge in [0.15, 0.2) is 6.29 Å². The van der Waals surface area contributed by atoms with Gasteiger partial charge in [-0.1, -0.05) is 27.7 Å². The summed E-state index contributed by atoms with van der Waals surface area (Å²) in [6, 6.07) is 0. The molecule has 2 unspecified atom stereocenters. The summed E-state index contributed by atoms with van der Waals surface area (Å²) in [5.41, 5.74) is 0.126. The van der Waals surface area contributed by atoms with Gasteiger partial charge in [-0.15, -0.1) is 0 Å². The molecule has 0 heterocycles. The molecule has 0 aromatic rings. The van der Waals surface area contributed by atoms with E-state index < -0.39 is 0 Å². The lowest BCUT2D eigenvalue weighted by molar-refractivity contribution is -0.174. The average molecular weight is 274 g/mol. The molecule has 0 saturated heterocycles. The van der Waals surface area contributed by atoms with Gasteiger partial charge in [0.1, 0.15) is 0 Å².